The maximum Gasteiger partial charge on any atom is 0.335 e. The minimum absolute atomic E-state index is 0.269. The van der Waals surface area contributed by atoms with Gasteiger partial charge in [0.25, 0.3) is 0 Å². The van der Waals surface area contributed by atoms with Crippen LogP contribution in [0.5, 0.6) is 0 Å². The third kappa shape index (κ3) is 5.50. The van der Waals surface area contributed by atoms with Crippen molar-refractivity contribution >= 4 is 22.9 Å². The lowest BCUT2D eigenvalue weighted by Gasteiger charge is -2.30. The molecule has 1 aromatic rings. The first-order valence-electron chi connectivity index (χ1n) is 11.0. The van der Waals surface area contributed by atoms with Gasteiger partial charge in [0.05, 0.1) is 12.2 Å². The number of carbonyl (C=O) groups is 1. The molecule has 0 amide bonds. The minimum Gasteiger partial charge on any atom is -0.463 e. The van der Waals surface area contributed by atoms with Crippen LogP contribution in [0.25, 0.3) is 0 Å². The van der Waals surface area contributed by atoms with Crippen LogP contribution in [0.2, 0.25) is 0 Å². The van der Waals surface area contributed by atoms with Crippen LogP contribution < -0.4 is 0 Å². The lowest BCUT2D eigenvalue weighted by atomic mass is 9.97. The van der Waals surface area contributed by atoms with Crippen LogP contribution in [-0.4, -0.2) is 50.9 Å². The van der Waals surface area contributed by atoms with E-state index in [1.165, 1.54) is 5.57 Å². The Morgan fingerprint density at radius 1 is 1.29 bits per heavy atom. The van der Waals surface area contributed by atoms with Crippen molar-refractivity contribution in [2.24, 2.45) is 5.10 Å². The van der Waals surface area contributed by atoms with Crippen molar-refractivity contribution in [3.63, 3.8) is 0 Å². The molecule has 0 radical (unpaired) electrons. The van der Waals surface area contributed by atoms with E-state index in [2.05, 4.69) is 42.7 Å². The number of esters is 1. The van der Waals surface area contributed by atoms with E-state index in [1.807, 2.05) is 5.01 Å². The Balaban J connectivity index is 1.70. The summed E-state index contributed by atoms with van der Waals surface area (Å²) in [5.41, 5.74) is 1.77. The number of rotatable bonds is 6. The Labute approximate surface area is 188 Å². The van der Waals surface area contributed by atoms with Crippen molar-refractivity contribution in [1.29, 1.82) is 0 Å². The second kappa shape index (κ2) is 10.3. The van der Waals surface area contributed by atoms with Gasteiger partial charge in [-0.05, 0) is 57.4 Å². The van der Waals surface area contributed by atoms with Gasteiger partial charge in [0.1, 0.15) is 5.03 Å². The first-order chi connectivity index (χ1) is 14.8. The van der Waals surface area contributed by atoms with Crippen LogP contribution >= 0.6 is 11.8 Å². The average molecular weight is 448 g/mol. The summed E-state index contributed by atoms with van der Waals surface area (Å²) in [7, 11) is 0. The summed E-state index contributed by atoms with van der Waals surface area (Å²) in [6.07, 6.45) is 4.59. The SMILES string of the molecule is CCOC(=O)/C(C)=C/N1N=C(N2CCC(c3nc(C(C)C)no3)CC2)S/C1=C(/C)CC. The molecule has 0 bridgehead atoms. The molecular weight excluding hydrogens is 414 g/mol. The van der Waals surface area contributed by atoms with Gasteiger partial charge in [-0.25, -0.2) is 9.80 Å². The molecule has 0 aromatic carbocycles. The van der Waals surface area contributed by atoms with Crippen LogP contribution in [0.15, 0.2) is 32.0 Å². The normalized spacial score (nSPS) is 19.8. The van der Waals surface area contributed by atoms with Crippen molar-refractivity contribution < 1.29 is 14.1 Å². The lowest BCUT2D eigenvalue weighted by molar-refractivity contribution is -0.138. The number of ether oxygens (including phenoxy) is 1. The zero-order valence-electron chi connectivity index (χ0n) is 19.3. The molecule has 0 aliphatic carbocycles. The monoisotopic (exact) mass is 447 g/mol. The number of carbonyl (C=O) groups excluding carboxylic acids is 1. The molecule has 9 heteroatoms. The fraction of sp³-hybridized carbons (Fsp3) is 0.636. The molecule has 2 aliphatic rings. The summed E-state index contributed by atoms with van der Waals surface area (Å²) < 4.78 is 10.6. The summed E-state index contributed by atoms with van der Waals surface area (Å²) in [4.78, 5) is 18.9. The largest absolute Gasteiger partial charge is 0.463 e. The topological polar surface area (TPSA) is 84.1 Å². The molecule has 0 N–H and O–H groups in total. The van der Waals surface area contributed by atoms with Gasteiger partial charge >= 0.3 is 5.97 Å². The van der Waals surface area contributed by atoms with E-state index in [1.54, 1.807) is 31.8 Å². The Kier molecular flexibility index (Phi) is 7.80. The molecule has 3 heterocycles. The zero-order valence-corrected chi connectivity index (χ0v) is 20.2. The van der Waals surface area contributed by atoms with E-state index in [0.29, 0.717) is 12.2 Å². The number of hydrogen-bond acceptors (Lipinski definition) is 9. The summed E-state index contributed by atoms with van der Waals surface area (Å²) in [6.45, 7) is 14.1. The molecule has 31 heavy (non-hydrogen) atoms. The highest BCUT2D eigenvalue weighted by molar-refractivity contribution is 8.17. The smallest absolute Gasteiger partial charge is 0.335 e. The number of piperidine rings is 1. The fourth-order valence-electron chi connectivity index (χ4n) is 3.39. The number of aromatic nitrogens is 2. The maximum atomic E-state index is 12.1. The van der Waals surface area contributed by atoms with Gasteiger partial charge in [-0.15, -0.1) is 5.10 Å². The van der Waals surface area contributed by atoms with E-state index in [4.69, 9.17) is 14.4 Å². The zero-order chi connectivity index (χ0) is 22.5. The quantitative estimate of drug-likeness (QED) is 0.454. The van der Waals surface area contributed by atoms with Crippen molar-refractivity contribution in [1.82, 2.24) is 20.0 Å². The van der Waals surface area contributed by atoms with E-state index in [-0.39, 0.29) is 17.8 Å². The molecular formula is C22H33N5O3S. The highest BCUT2D eigenvalue weighted by Gasteiger charge is 2.31. The predicted molar refractivity (Wildman–Crippen MR) is 122 cm³/mol. The molecule has 1 aromatic heterocycles. The fourth-order valence-corrected chi connectivity index (χ4v) is 4.51. The van der Waals surface area contributed by atoms with E-state index in [0.717, 1.165) is 54.3 Å². The minimum atomic E-state index is -0.314. The molecule has 1 saturated heterocycles. The summed E-state index contributed by atoms with van der Waals surface area (Å²) in [5.74, 6) is 1.77. The van der Waals surface area contributed by atoms with Crippen molar-refractivity contribution in [2.45, 2.75) is 72.6 Å². The van der Waals surface area contributed by atoms with Gasteiger partial charge in [0, 0.05) is 31.1 Å². The average Bonchev–Trinajstić information content (AvgIpc) is 3.41. The van der Waals surface area contributed by atoms with Gasteiger partial charge in [-0.1, -0.05) is 25.9 Å². The molecule has 0 unspecified atom stereocenters. The molecule has 170 valence electrons. The molecule has 1 fully saturated rings. The highest BCUT2D eigenvalue weighted by atomic mass is 32.2. The number of hydrogen-bond donors (Lipinski definition) is 0. The third-order valence-corrected chi connectivity index (χ3v) is 6.74. The predicted octanol–water partition coefficient (Wildman–Crippen LogP) is 4.80. The number of amidine groups is 1. The van der Waals surface area contributed by atoms with Crippen molar-refractivity contribution in [3.05, 3.63) is 34.1 Å². The molecule has 3 rings (SSSR count). The Morgan fingerprint density at radius 3 is 2.58 bits per heavy atom. The molecule has 2 aliphatic heterocycles. The molecule has 0 spiro atoms. The molecule has 8 nitrogen and oxygen atoms in total. The number of likely N-dealkylation sites (tertiary alicyclic amines) is 1. The lowest BCUT2D eigenvalue weighted by Crippen LogP contribution is -2.36. The van der Waals surface area contributed by atoms with Crippen LogP contribution in [0.3, 0.4) is 0 Å². The second-order valence-corrected chi connectivity index (χ2v) is 9.16. The summed E-state index contributed by atoms with van der Waals surface area (Å²) in [6, 6.07) is 0. The van der Waals surface area contributed by atoms with E-state index < -0.39 is 0 Å². The summed E-state index contributed by atoms with van der Waals surface area (Å²) in [5, 5.41) is 12.8. The van der Waals surface area contributed by atoms with Crippen LogP contribution in [0.4, 0.5) is 0 Å². The number of thioether (sulfide) groups is 1. The third-order valence-electron chi connectivity index (χ3n) is 5.49. The van der Waals surface area contributed by atoms with Crippen molar-refractivity contribution in [2.75, 3.05) is 19.7 Å². The van der Waals surface area contributed by atoms with Crippen molar-refractivity contribution in [3.8, 4) is 0 Å². The number of nitrogens with zero attached hydrogens (tertiary/aromatic N) is 5. The van der Waals surface area contributed by atoms with Gasteiger partial charge in [-0.3, -0.25) is 0 Å². The van der Waals surface area contributed by atoms with Gasteiger partial charge < -0.3 is 14.2 Å². The van der Waals surface area contributed by atoms with Crippen LogP contribution in [-0.2, 0) is 9.53 Å². The number of allylic oxidation sites excluding steroid dienone is 1. The summed E-state index contributed by atoms with van der Waals surface area (Å²) >= 11 is 1.66. The number of hydrazone groups is 1. The maximum absolute atomic E-state index is 12.1. The highest BCUT2D eigenvalue weighted by Crippen LogP contribution is 2.37. The molecule has 0 saturated carbocycles. The second-order valence-electron chi connectivity index (χ2n) is 8.21. The molecule has 0 atom stereocenters. The first kappa shape index (κ1) is 23.4. The van der Waals surface area contributed by atoms with E-state index in [9.17, 15) is 4.79 Å². The van der Waals surface area contributed by atoms with Crippen LogP contribution in [0.1, 0.15) is 84.4 Å². The first-order valence-corrected chi connectivity index (χ1v) is 11.8. The van der Waals surface area contributed by atoms with Gasteiger partial charge in [0.15, 0.2) is 11.0 Å². The Morgan fingerprint density at radius 2 is 2.00 bits per heavy atom. The van der Waals surface area contributed by atoms with Gasteiger partial charge in [0.2, 0.25) is 5.89 Å². The van der Waals surface area contributed by atoms with E-state index >= 15 is 0 Å². The Bertz CT molecular complexity index is 881. The van der Waals surface area contributed by atoms with Gasteiger partial charge in [-0.2, -0.15) is 4.98 Å². The Hall–Kier alpha value is -2.29. The van der Waals surface area contributed by atoms with Crippen LogP contribution in [0, 0.1) is 0 Å². The standard InChI is InChI=1S/C22H33N5O3S/c1-7-15(5)20-27(13-16(6)21(28)29-8-2)24-22(31-20)26-11-9-17(10-12-26)19-23-18(14(3)4)25-30-19/h13-14,17H,7-12H2,1-6H3/b16-13+,20-15-.